The molecule has 0 bridgehead atoms. The highest BCUT2D eigenvalue weighted by Gasteiger charge is 2.10. The van der Waals surface area contributed by atoms with Crippen molar-refractivity contribution in [2.75, 3.05) is 31.7 Å². The van der Waals surface area contributed by atoms with E-state index in [1.54, 1.807) is 14.0 Å². The van der Waals surface area contributed by atoms with Gasteiger partial charge >= 0.3 is 5.97 Å². The van der Waals surface area contributed by atoms with Gasteiger partial charge in [-0.25, -0.2) is 4.98 Å². The smallest absolute Gasteiger partial charge is 0.305 e. The highest BCUT2D eigenvalue weighted by molar-refractivity contribution is 7.30. The Labute approximate surface area is 223 Å². The average Bonchev–Trinajstić information content (AvgIpc) is 3.48. The van der Waals surface area contributed by atoms with E-state index in [1.165, 1.54) is 22.7 Å². The molecule has 0 unspecified atom stereocenters. The maximum absolute atomic E-state index is 11.4. The number of thiophene rings is 1. The third kappa shape index (κ3) is 6.95. The van der Waals surface area contributed by atoms with E-state index in [1.807, 2.05) is 49.4 Å². The van der Waals surface area contributed by atoms with E-state index < -0.39 is 0 Å². The summed E-state index contributed by atoms with van der Waals surface area (Å²) < 4.78 is 11.4. The topological polar surface area (TPSA) is 101 Å². The first-order valence-corrected chi connectivity index (χ1v) is 13.5. The van der Waals surface area contributed by atoms with Crippen molar-refractivity contribution in [3.05, 3.63) is 54.1 Å². The second kappa shape index (κ2) is 12.5. The maximum Gasteiger partial charge on any atom is 0.305 e. The molecule has 4 aromatic rings. The van der Waals surface area contributed by atoms with Crippen LogP contribution in [0.2, 0.25) is 0 Å². The van der Waals surface area contributed by atoms with Crippen LogP contribution < -0.4 is 9.64 Å². The lowest BCUT2D eigenvalue weighted by Gasteiger charge is -2.23. The summed E-state index contributed by atoms with van der Waals surface area (Å²) in [5, 5.41) is 18.8. The second-order valence-electron chi connectivity index (χ2n) is 7.97. The van der Waals surface area contributed by atoms with Crippen LogP contribution in [-0.4, -0.2) is 37.8 Å². The summed E-state index contributed by atoms with van der Waals surface area (Å²) in [5.41, 5.74) is 3.59. The molecule has 4 rings (SSSR count). The number of hydrogen-bond donors (Lipinski definition) is 0. The monoisotopic (exact) mass is 536 g/mol. The number of esters is 1. The van der Waals surface area contributed by atoms with Crippen molar-refractivity contribution < 1.29 is 14.3 Å². The van der Waals surface area contributed by atoms with Gasteiger partial charge in [0.25, 0.3) is 0 Å². The zero-order valence-electron chi connectivity index (χ0n) is 21.2. The van der Waals surface area contributed by atoms with Gasteiger partial charge in [-0.05, 0) is 67.9 Å². The lowest BCUT2D eigenvalue weighted by atomic mass is 10.1. The molecule has 0 saturated carbocycles. The third-order valence-electron chi connectivity index (χ3n) is 5.48. The van der Waals surface area contributed by atoms with E-state index >= 15 is 0 Å². The lowest BCUT2D eigenvalue weighted by Crippen LogP contribution is -2.27. The number of aryl methyl sites for hydroxylation is 1. The summed E-state index contributed by atoms with van der Waals surface area (Å²) in [4.78, 5) is 19.0. The predicted molar refractivity (Wildman–Crippen MR) is 149 cm³/mol. The predicted octanol–water partition coefficient (Wildman–Crippen LogP) is 8.29. The SMILES string of the molecule is CCC(=O)OCCN(CC)c1ccc(N=Nc2nc3sc(N=Nc4ccc(OC)cc4)cc3s2)c(C)c1. The molecule has 2 aromatic carbocycles. The molecule has 0 spiro atoms. The van der Waals surface area contributed by atoms with Gasteiger partial charge in [0.05, 0.1) is 29.7 Å². The van der Waals surface area contributed by atoms with E-state index in [2.05, 4.69) is 43.3 Å². The van der Waals surface area contributed by atoms with Crippen molar-refractivity contribution >= 4 is 65.4 Å². The lowest BCUT2D eigenvalue weighted by molar-refractivity contribution is -0.142. The van der Waals surface area contributed by atoms with Gasteiger partial charge in [-0.2, -0.15) is 0 Å². The number of thiazole rings is 1. The largest absolute Gasteiger partial charge is 0.497 e. The van der Waals surface area contributed by atoms with Crippen molar-refractivity contribution in [2.45, 2.75) is 27.2 Å². The van der Waals surface area contributed by atoms with Crippen molar-refractivity contribution in [2.24, 2.45) is 20.5 Å². The van der Waals surface area contributed by atoms with E-state index in [0.717, 1.165) is 49.5 Å². The Morgan fingerprint density at radius 2 is 1.81 bits per heavy atom. The van der Waals surface area contributed by atoms with Gasteiger partial charge in [0.15, 0.2) is 0 Å². The van der Waals surface area contributed by atoms with Gasteiger partial charge in [-0.3, -0.25) is 4.79 Å². The van der Waals surface area contributed by atoms with Gasteiger partial charge < -0.3 is 14.4 Å². The summed E-state index contributed by atoms with van der Waals surface area (Å²) in [7, 11) is 1.63. The number of anilines is 1. The first-order chi connectivity index (χ1) is 18.0. The van der Waals surface area contributed by atoms with E-state index in [4.69, 9.17) is 9.47 Å². The number of rotatable bonds is 11. The van der Waals surface area contributed by atoms with E-state index in [0.29, 0.717) is 24.7 Å². The Bertz CT molecular complexity index is 1380. The zero-order valence-corrected chi connectivity index (χ0v) is 22.8. The highest BCUT2D eigenvalue weighted by atomic mass is 32.1. The number of fused-ring (bicyclic) bond motifs is 1. The molecular weight excluding hydrogens is 508 g/mol. The van der Waals surface area contributed by atoms with Crippen LogP contribution in [0, 0.1) is 6.92 Å². The molecular formula is C26H28N6O3S2. The fourth-order valence-electron chi connectivity index (χ4n) is 3.45. The maximum atomic E-state index is 11.4. The number of ether oxygens (including phenoxy) is 2. The van der Waals surface area contributed by atoms with Crippen LogP contribution in [0.1, 0.15) is 25.8 Å². The van der Waals surface area contributed by atoms with Gasteiger partial charge in [0.1, 0.15) is 22.2 Å². The fraction of sp³-hybridized carbons (Fsp3) is 0.308. The van der Waals surface area contributed by atoms with Crippen molar-refractivity contribution in [1.29, 1.82) is 0 Å². The van der Waals surface area contributed by atoms with Crippen LogP contribution in [0.5, 0.6) is 5.75 Å². The minimum Gasteiger partial charge on any atom is -0.497 e. The molecule has 0 fully saturated rings. The molecule has 0 saturated heterocycles. The Kier molecular flexibility index (Phi) is 8.91. The molecule has 2 heterocycles. The molecule has 0 aliphatic rings. The molecule has 0 amide bonds. The van der Waals surface area contributed by atoms with Crippen molar-refractivity contribution in [1.82, 2.24) is 4.98 Å². The van der Waals surface area contributed by atoms with Crippen molar-refractivity contribution in [3.63, 3.8) is 0 Å². The molecule has 192 valence electrons. The molecule has 0 atom stereocenters. The number of likely N-dealkylation sites (N-methyl/N-ethyl adjacent to an activating group) is 1. The Morgan fingerprint density at radius 3 is 2.49 bits per heavy atom. The number of aromatic nitrogens is 1. The Morgan fingerprint density at radius 1 is 1.00 bits per heavy atom. The third-order valence-corrected chi connectivity index (χ3v) is 7.41. The Hall–Kier alpha value is -3.70. The van der Waals surface area contributed by atoms with Gasteiger partial charge in [-0.1, -0.05) is 29.6 Å². The number of benzene rings is 2. The number of azo groups is 2. The summed E-state index contributed by atoms with van der Waals surface area (Å²) >= 11 is 2.93. The number of methoxy groups -OCH3 is 1. The van der Waals surface area contributed by atoms with Crippen LogP contribution in [0.3, 0.4) is 0 Å². The van der Waals surface area contributed by atoms with Gasteiger partial charge in [0.2, 0.25) is 5.13 Å². The zero-order chi connectivity index (χ0) is 26.2. The quantitative estimate of drug-likeness (QED) is 0.142. The standard InChI is InChI=1S/C26H28N6O3S2/c1-5-24(33)35-14-13-32(6-2)19-9-12-21(17(3)15-19)29-31-26-27-25-22(36-26)16-23(37-25)30-28-18-7-10-20(34-4)11-8-18/h7-12,15-16H,5-6,13-14H2,1-4H3. The van der Waals surface area contributed by atoms with E-state index in [-0.39, 0.29) is 5.97 Å². The molecule has 0 N–H and O–H groups in total. The summed E-state index contributed by atoms with van der Waals surface area (Å²) in [6, 6.07) is 15.4. The van der Waals surface area contributed by atoms with Gasteiger partial charge in [-0.15, -0.1) is 20.5 Å². The molecule has 0 radical (unpaired) electrons. The summed E-state index contributed by atoms with van der Waals surface area (Å²) in [6.07, 6.45) is 0.388. The molecule has 2 aromatic heterocycles. The van der Waals surface area contributed by atoms with Crippen LogP contribution >= 0.6 is 22.7 Å². The normalized spacial score (nSPS) is 11.6. The number of hydrogen-bond acceptors (Lipinski definition) is 11. The van der Waals surface area contributed by atoms with Crippen LogP contribution in [0.15, 0.2) is 69.0 Å². The Balaban J connectivity index is 1.39. The van der Waals surface area contributed by atoms with Crippen LogP contribution in [0.25, 0.3) is 9.53 Å². The second-order valence-corrected chi connectivity index (χ2v) is 9.99. The highest BCUT2D eigenvalue weighted by Crippen LogP contribution is 2.39. The first-order valence-electron chi connectivity index (χ1n) is 11.9. The first kappa shape index (κ1) is 26.4. The number of carbonyl (C=O) groups is 1. The molecule has 37 heavy (non-hydrogen) atoms. The average molecular weight is 537 g/mol. The van der Waals surface area contributed by atoms with Crippen LogP contribution in [-0.2, 0) is 9.53 Å². The van der Waals surface area contributed by atoms with Crippen molar-refractivity contribution in [3.8, 4) is 5.75 Å². The minimum absolute atomic E-state index is 0.181. The molecule has 9 nitrogen and oxygen atoms in total. The molecule has 0 aliphatic heterocycles. The van der Waals surface area contributed by atoms with E-state index in [9.17, 15) is 4.79 Å². The molecule has 0 aliphatic carbocycles. The fourth-order valence-corrected chi connectivity index (χ4v) is 5.30. The molecule has 11 heteroatoms. The van der Waals surface area contributed by atoms with Gasteiger partial charge in [0, 0.05) is 18.7 Å². The summed E-state index contributed by atoms with van der Waals surface area (Å²) in [5.74, 6) is 0.599. The number of carbonyl (C=O) groups excluding carboxylic acids is 1. The minimum atomic E-state index is -0.181. The van der Waals surface area contributed by atoms with Crippen LogP contribution in [0.4, 0.5) is 27.2 Å². The summed E-state index contributed by atoms with van der Waals surface area (Å²) in [6.45, 7) is 7.68. The number of nitrogens with zero attached hydrogens (tertiary/aromatic N) is 6.